The van der Waals surface area contributed by atoms with Gasteiger partial charge < -0.3 is 25.8 Å². The molecule has 0 saturated carbocycles. The fraction of sp³-hybridized carbons (Fsp3) is 0.417. The van der Waals surface area contributed by atoms with Crippen molar-refractivity contribution in [1.82, 2.24) is 25.9 Å². The van der Waals surface area contributed by atoms with E-state index in [0.29, 0.717) is 18.5 Å². The highest BCUT2D eigenvalue weighted by Crippen LogP contribution is 2.20. The lowest BCUT2D eigenvalue weighted by atomic mass is 9.93. The molecule has 2 aromatic carbocycles. The maximum atomic E-state index is 13.8. The second-order valence-corrected chi connectivity index (χ2v) is 14.3. The van der Waals surface area contributed by atoms with Crippen molar-refractivity contribution in [3.8, 4) is 0 Å². The van der Waals surface area contributed by atoms with Crippen molar-refractivity contribution in [2.45, 2.75) is 90.1 Å². The lowest BCUT2D eigenvalue weighted by Crippen LogP contribution is -2.54. The van der Waals surface area contributed by atoms with Crippen LogP contribution in [-0.4, -0.2) is 57.2 Å². The van der Waals surface area contributed by atoms with Gasteiger partial charge in [0.2, 0.25) is 11.8 Å². The molecule has 0 bridgehead atoms. The molecule has 0 fully saturated rings. The first-order valence-electron chi connectivity index (χ1n) is 16.2. The third-order valence-electron chi connectivity index (χ3n) is 7.76. The number of thiazole rings is 2. The van der Waals surface area contributed by atoms with Gasteiger partial charge in [0, 0.05) is 23.5 Å². The average molecular weight is 692 g/mol. The number of benzene rings is 2. The van der Waals surface area contributed by atoms with E-state index < -0.39 is 30.3 Å². The van der Waals surface area contributed by atoms with Crippen molar-refractivity contribution in [3.05, 3.63) is 104 Å². The molecule has 2 aromatic heterocycles. The topological polar surface area (TPSA) is 143 Å². The second kappa shape index (κ2) is 18.4. The lowest BCUT2D eigenvalue weighted by Gasteiger charge is -2.30. The van der Waals surface area contributed by atoms with Crippen LogP contribution in [0, 0.1) is 5.92 Å². The fourth-order valence-electron chi connectivity index (χ4n) is 5.23. The molecule has 4 aromatic rings. The molecule has 3 amide bonds. The molecule has 4 rings (SSSR count). The van der Waals surface area contributed by atoms with Crippen molar-refractivity contribution in [1.29, 1.82) is 0 Å². The molecule has 12 heteroatoms. The van der Waals surface area contributed by atoms with Gasteiger partial charge in [0.25, 0.3) is 0 Å². The van der Waals surface area contributed by atoms with E-state index in [2.05, 4.69) is 39.8 Å². The zero-order chi connectivity index (χ0) is 34.5. The molecule has 4 atom stereocenters. The lowest BCUT2D eigenvalue weighted by molar-refractivity contribution is -0.130. The fourth-order valence-corrected chi connectivity index (χ4v) is 6.57. The van der Waals surface area contributed by atoms with Gasteiger partial charge in [-0.3, -0.25) is 14.6 Å². The first-order chi connectivity index (χ1) is 23.1. The molecule has 256 valence electrons. The number of carbonyl (C=O) groups excluding carboxylic acids is 3. The van der Waals surface area contributed by atoms with Crippen molar-refractivity contribution in [2.75, 3.05) is 0 Å². The number of aromatic nitrogens is 2. The Kier molecular flexibility index (Phi) is 14.1. The molecular weight excluding hydrogens is 647 g/mol. The maximum absolute atomic E-state index is 13.8. The van der Waals surface area contributed by atoms with E-state index in [1.165, 1.54) is 22.7 Å². The van der Waals surface area contributed by atoms with Crippen LogP contribution in [-0.2, 0) is 40.2 Å². The number of alkyl carbamates (subject to hydrolysis) is 1. The van der Waals surface area contributed by atoms with Crippen LogP contribution in [0.4, 0.5) is 4.79 Å². The van der Waals surface area contributed by atoms with Crippen LogP contribution < -0.4 is 16.0 Å². The third kappa shape index (κ3) is 11.8. The number of aliphatic hydroxyl groups is 1. The van der Waals surface area contributed by atoms with E-state index in [0.717, 1.165) is 21.0 Å². The Morgan fingerprint density at radius 2 is 1.54 bits per heavy atom. The summed E-state index contributed by atoms with van der Waals surface area (Å²) in [5.41, 5.74) is 4.24. The van der Waals surface area contributed by atoms with E-state index in [-0.39, 0.29) is 43.1 Å². The van der Waals surface area contributed by atoms with Gasteiger partial charge >= 0.3 is 6.09 Å². The predicted molar refractivity (Wildman–Crippen MR) is 189 cm³/mol. The Bertz CT molecular complexity index is 1560. The summed E-state index contributed by atoms with van der Waals surface area (Å²) in [5, 5.41) is 23.3. The van der Waals surface area contributed by atoms with Crippen LogP contribution in [0.15, 0.2) is 77.8 Å². The Morgan fingerprint density at radius 1 is 0.875 bits per heavy atom. The van der Waals surface area contributed by atoms with Crippen LogP contribution in [0.25, 0.3) is 0 Å². The minimum absolute atomic E-state index is 0.0704. The number of rotatable bonds is 17. The Labute approximate surface area is 290 Å². The van der Waals surface area contributed by atoms with Crippen LogP contribution in [0.1, 0.15) is 66.7 Å². The van der Waals surface area contributed by atoms with Gasteiger partial charge in [-0.15, -0.1) is 22.7 Å². The molecule has 10 nitrogen and oxygen atoms in total. The van der Waals surface area contributed by atoms with Crippen LogP contribution in [0.5, 0.6) is 0 Å². The van der Waals surface area contributed by atoms with Crippen LogP contribution in [0.3, 0.4) is 0 Å². The minimum Gasteiger partial charge on any atom is -0.444 e. The molecule has 0 saturated heterocycles. The molecule has 0 spiro atoms. The minimum atomic E-state index is -1.04. The smallest absolute Gasteiger partial charge is 0.407 e. The second-order valence-electron chi connectivity index (χ2n) is 12.5. The first kappa shape index (κ1) is 36.7. The number of nitrogens with one attached hydrogen (secondary N) is 3. The van der Waals surface area contributed by atoms with Crippen molar-refractivity contribution >= 4 is 40.6 Å². The number of nitrogens with zero attached hydrogens (tertiary/aromatic N) is 2. The standard InChI is InChI=1S/C36H45N5O5S2/c1-23(2)33(41-32(43)18-28-21-47-35(39-28)24(3)4)34(44)38-27(15-25-11-7-5-8-12-25)17-31(42)30(16-26-13-9-6-10-14-26)40-36(45)46-20-29-19-37-22-48-29/h5-14,19,21-24,27,30-31,33,42H,15-18,20H2,1-4H3,(H,38,44)(H,40,45)(H,41,43)/t27-,30-,31-,33-/m0/s1. The molecule has 0 radical (unpaired) electrons. The summed E-state index contributed by atoms with van der Waals surface area (Å²) in [4.78, 5) is 49.0. The number of hydrogen-bond acceptors (Lipinski definition) is 9. The van der Waals surface area contributed by atoms with Gasteiger partial charge in [-0.1, -0.05) is 88.4 Å². The van der Waals surface area contributed by atoms with Gasteiger partial charge in [0.05, 0.1) is 39.7 Å². The average Bonchev–Trinajstić information content (AvgIpc) is 3.76. The molecule has 0 aliphatic heterocycles. The van der Waals surface area contributed by atoms with E-state index in [1.807, 2.05) is 79.9 Å². The molecular formula is C36H45N5O5S2. The number of ether oxygens (including phenoxy) is 1. The zero-order valence-electron chi connectivity index (χ0n) is 27.8. The maximum Gasteiger partial charge on any atom is 0.407 e. The summed E-state index contributed by atoms with van der Waals surface area (Å²) in [6.45, 7) is 7.94. The van der Waals surface area contributed by atoms with Crippen molar-refractivity contribution in [2.24, 2.45) is 5.92 Å². The summed E-state index contributed by atoms with van der Waals surface area (Å²) in [6, 6.07) is 17.2. The summed E-state index contributed by atoms with van der Waals surface area (Å²) in [5.74, 6) is -0.550. The van der Waals surface area contributed by atoms with E-state index in [9.17, 15) is 19.5 Å². The van der Waals surface area contributed by atoms with Gasteiger partial charge in [0.1, 0.15) is 12.6 Å². The SMILES string of the molecule is CC(C)c1nc(CC(=O)N[C@H](C(=O)N[C@@H](Cc2ccccc2)C[C@H](O)[C@H](Cc2ccccc2)NC(=O)OCc2cncs2)C(C)C)cs1. The summed E-state index contributed by atoms with van der Waals surface area (Å²) < 4.78 is 5.42. The van der Waals surface area contributed by atoms with E-state index >= 15 is 0 Å². The van der Waals surface area contributed by atoms with Crippen LogP contribution >= 0.6 is 22.7 Å². The number of hydrogen-bond donors (Lipinski definition) is 4. The van der Waals surface area contributed by atoms with E-state index in [4.69, 9.17) is 4.74 Å². The molecule has 0 aliphatic rings. The van der Waals surface area contributed by atoms with Gasteiger partial charge in [0.15, 0.2) is 0 Å². The third-order valence-corrected chi connectivity index (χ3v) is 9.71. The Hall–Kier alpha value is -4.13. The largest absolute Gasteiger partial charge is 0.444 e. The van der Waals surface area contributed by atoms with Gasteiger partial charge in [-0.05, 0) is 36.3 Å². The Morgan fingerprint density at radius 3 is 2.12 bits per heavy atom. The summed E-state index contributed by atoms with van der Waals surface area (Å²) >= 11 is 2.91. The monoisotopic (exact) mass is 691 g/mol. The molecule has 0 unspecified atom stereocenters. The quantitative estimate of drug-likeness (QED) is 0.116. The highest BCUT2D eigenvalue weighted by atomic mass is 32.1. The molecule has 0 aliphatic carbocycles. The predicted octanol–water partition coefficient (Wildman–Crippen LogP) is 5.42. The zero-order valence-corrected chi connectivity index (χ0v) is 29.4. The van der Waals surface area contributed by atoms with E-state index in [1.54, 1.807) is 11.7 Å². The molecule has 2 heterocycles. The normalized spacial score (nSPS) is 13.8. The summed E-state index contributed by atoms with van der Waals surface area (Å²) in [6.07, 6.45) is 0.953. The summed E-state index contributed by atoms with van der Waals surface area (Å²) in [7, 11) is 0. The Balaban J connectivity index is 1.47. The number of carbonyl (C=O) groups is 3. The highest BCUT2D eigenvalue weighted by molar-refractivity contribution is 7.09. The molecule has 4 N–H and O–H groups in total. The van der Waals surface area contributed by atoms with Crippen LogP contribution in [0.2, 0.25) is 0 Å². The highest BCUT2D eigenvalue weighted by Gasteiger charge is 2.30. The van der Waals surface area contributed by atoms with Gasteiger partial charge in [-0.25, -0.2) is 9.78 Å². The number of amides is 3. The van der Waals surface area contributed by atoms with Gasteiger partial charge in [-0.2, -0.15) is 0 Å². The number of aliphatic hydroxyl groups excluding tert-OH is 1. The van der Waals surface area contributed by atoms with Crippen molar-refractivity contribution < 1.29 is 24.2 Å². The first-order valence-corrected chi connectivity index (χ1v) is 17.9. The molecule has 48 heavy (non-hydrogen) atoms. The van der Waals surface area contributed by atoms with Crippen molar-refractivity contribution in [3.63, 3.8) is 0 Å².